The van der Waals surface area contributed by atoms with Crippen LogP contribution < -0.4 is 25.4 Å². The molecule has 9 nitrogen and oxygen atoms in total. The number of alkyl carbamates (subject to hydrolysis) is 1. The van der Waals surface area contributed by atoms with Crippen LogP contribution in [0.2, 0.25) is 0 Å². The van der Waals surface area contributed by atoms with E-state index in [-0.39, 0.29) is 0 Å². The van der Waals surface area contributed by atoms with Crippen molar-refractivity contribution in [1.82, 2.24) is 15.3 Å². The second kappa shape index (κ2) is 10.7. The first kappa shape index (κ1) is 23.9. The summed E-state index contributed by atoms with van der Waals surface area (Å²) in [6.45, 7) is 6.86. The Bertz CT molecular complexity index is 1080. The van der Waals surface area contributed by atoms with Gasteiger partial charge in [0.15, 0.2) is 0 Å². The van der Waals surface area contributed by atoms with E-state index in [2.05, 4.69) is 25.9 Å². The van der Waals surface area contributed by atoms with Crippen molar-refractivity contribution in [2.24, 2.45) is 0 Å². The van der Waals surface area contributed by atoms with Crippen LogP contribution in [0.15, 0.2) is 42.5 Å². The summed E-state index contributed by atoms with van der Waals surface area (Å²) in [6, 6.07) is 13.5. The molecule has 0 saturated heterocycles. The number of nitrogens with one attached hydrogen (secondary N) is 3. The number of hydrogen-bond donors (Lipinski definition) is 3. The van der Waals surface area contributed by atoms with Gasteiger partial charge in [-0.1, -0.05) is 12.1 Å². The van der Waals surface area contributed by atoms with E-state index < -0.39 is 11.7 Å². The van der Waals surface area contributed by atoms with Gasteiger partial charge in [-0.2, -0.15) is 4.98 Å². The van der Waals surface area contributed by atoms with Gasteiger partial charge in [0.25, 0.3) is 0 Å². The lowest BCUT2D eigenvalue weighted by Gasteiger charge is -2.19. The molecule has 0 radical (unpaired) electrons. The van der Waals surface area contributed by atoms with Crippen LogP contribution in [0.25, 0.3) is 10.9 Å². The molecule has 0 fully saturated rings. The van der Waals surface area contributed by atoms with Crippen molar-refractivity contribution in [3.63, 3.8) is 0 Å². The predicted octanol–water partition coefficient (Wildman–Crippen LogP) is 4.20. The molecule has 2 aromatic carbocycles. The third-order valence-electron chi connectivity index (χ3n) is 4.60. The van der Waals surface area contributed by atoms with Crippen LogP contribution in [-0.4, -0.2) is 49.0 Å². The molecular weight excluding hydrogens is 422 g/mol. The fourth-order valence-electron chi connectivity index (χ4n) is 3.03. The molecule has 0 aliphatic heterocycles. The van der Waals surface area contributed by atoms with E-state index >= 15 is 0 Å². The zero-order chi connectivity index (χ0) is 23.8. The Morgan fingerprint density at radius 1 is 0.909 bits per heavy atom. The monoisotopic (exact) mass is 453 g/mol. The van der Waals surface area contributed by atoms with Crippen LogP contribution in [0, 0.1) is 0 Å². The van der Waals surface area contributed by atoms with E-state index in [0.29, 0.717) is 31.4 Å². The number of ether oxygens (including phenoxy) is 3. The number of carbonyl (C=O) groups is 1. The summed E-state index contributed by atoms with van der Waals surface area (Å²) in [5, 5.41) is 10.1. The Labute approximate surface area is 193 Å². The first-order valence-electron chi connectivity index (χ1n) is 10.7. The van der Waals surface area contributed by atoms with Crippen molar-refractivity contribution in [2.75, 3.05) is 37.9 Å². The molecule has 0 atom stereocenters. The van der Waals surface area contributed by atoms with Crippen LogP contribution in [-0.2, 0) is 11.3 Å². The number of methoxy groups -OCH3 is 2. The molecule has 33 heavy (non-hydrogen) atoms. The highest BCUT2D eigenvalue weighted by Gasteiger charge is 2.15. The summed E-state index contributed by atoms with van der Waals surface area (Å²) < 4.78 is 15.8. The van der Waals surface area contributed by atoms with Crippen LogP contribution in [0.1, 0.15) is 26.3 Å². The Kier molecular flexibility index (Phi) is 7.76. The second-order valence-corrected chi connectivity index (χ2v) is 8.34. The van der Waals surface area contributed by atoms with E-state index in [1.54, 1.807) is 14.2 Å². The third kappa shape index (κ3) is 7.13. The molecular formula is C24H31N5O4. The van der Waals surface area contributed by atoms with Gasteiger partial charge < -0.3 is 30.2 Å². The number of rotatable bonds is 9. The van der Waals surface area contributed by atoms with Gasteiger partial charge in [0.05, 0.1) is 19.7 Å². The lowest BCUT2D eigenvalue weighted by Crippen LogP contribution is -2.35. The van der Waals surface area contributed by atoms with Crippen LogP contribution in [0.3, 0.4) is 0 Å². The molecule has 176 valence electrons. The molecule has 1 amide bonds. The van der Waals surface area contributed by atoms with Gasteiger partial charge in [0.2, 0.25) is 5.95 Å². The number of fused-ring (bicyclic) bond motifs is 1. The van der Waals surface area contributed by atoms with E-state index in [9.17, 15) is 4.79 Å². The number of benzene rings is 2. The van der Waals surface area contributed by atoms with Crippen molar-refractivity contribution < 1.29 is 19.0 Å². The number of nitrogens with zero attached hydrogens (tertiary/aromatic N) is 2. The van der Waals surface area contributed by atoms with Gasteiger partial charge in [-0.15, -0.1) is 0 Å². The topological polar surface area (TPSA) is 107 Å². The van der Waals surface area contributed by atoms with Crippen molar-refractivity contribution >= 4 is 28.8 Å². The molecule has 0 saturated carbocycles. The van der Waals surface area contributed by atoms with Crippen molar-refractivity contribution in [3.8, 4) is 11.5 Å². The summed E-state index contributed by atoms with van der Waals surface area (Å²) >= 11 is 0. The van der Waals surface area contributed by atoms with Gasteiger partial charge in [0.1, 0.15) is 22.9 Å². The van der Waals surface area contributed by atoms with Crippen molar-refractivity contribution in [3.05, 3.63) is 48.0 Å². The summed E-state index contributed by atoms with van der Waals surface area (Å²) in [6.07, 6.45) is -0.460. The smallest absolute Gasteiger partial charge is 0.407 e. The van der Waals surface area contributed by atoms with Crippen molar-refractivity contribution in [1.29, 1.82) is 0 Å². The van der Waals surface area contributed by atoms with Crippen molar-refractivity contribution in [2.45, 2.75) is 32.9 Å². The maximum Gasteiger partial charge on any atom is 0.407 e. The van der Waals surface area contributed by atoms with Gasteiger partial charge in [0, 0.05) is 25.0 Å². The zero-order valence-electron chi connectivity index (χ0n) is 19.7. The molecule has 9 heteroatoms. The fourth-order valence-corrected chi connectivity index (χ4v) is 3.03. The average molecular weight is 454 g/mol. The highest BCUT2D eigenvalue weighted by Crippen LogP contribution is 2.27. The molecule has 0 spiro atoms. The lowest BCUT2D eigenvalue weighted by molar-refractivity contribution is 0.0530. The first-order valence-corrected chi connectivity index (χ1v) is 10.7. The van der Waals surface area contributed by atoms with Crippen LogP contribution >= 0.6 is 0 Å². The van der Waals surface area contributed by atoms with E-state index in [1.165, 1.54) is 0 Å². The Balaban J connectivity index is 1.71. The normalized spacial score (nSPS) is 11.1. The minimum atomic E-state index is -0.537. The molecule has 1 aromatic heterocycles. The standard InChI is InChI=1S/C24H31N5O4/c1-24(2,3)33-23(30)26-13-12-25-22-28-20-11-10-18(32-5)14-19(20)21(29-22)27-15-16-6-8-17(31-4)9-7-16/h6-11,14H,12-13,15H2,1-5H3,(H,26,30)(H2,25,27,28,29). The summed E-state index contributed by atoms with van der Waals surface area (Å²) in [4.78, 5) is 21.0. The zero-order valence-corrected chi connectivity index (χ0v) is 19.7. The van der Waals surface area contributed by atoms with Crippen LogP contribution in [0.5, 0.6) is 11.5 Å². The predicted molar refractivity (Wildman–Crippen MR) is 129 cm³/mol. The Morgan fingerprint density at radius 2 is 1.61 bits per heavy atom. The Hall–Kier alpha value is -3.75. The van der Waals surface area contributed by atoms with E-state index in [4.69, 9.17) is 14.2 Å². The maximum absolute atomic E-state index is 11.8. The molecule has 0 unspecified atom stereocenters. The number of carbonyl (C=O) groups excluding carboxylic acids is 1. The lowest BCUT2D eigenvalue weighted by atomic mass is 10.2. The van der Waals surface area contributed by atoms with Gasteiger partial charge >= 0.3 is 6.09 Å². The number of amides is 1. The average Bonchev–Trinajstić information content (AvgIpc) is 2.79. The highest BCUT2D eigenvalue weighted by molar-refractivity contribution is 5.91. The maximum atomic E-state index is 11.8. The Morgan fingerprint density at radius 3 is 2.27 bits per heavy atom. The molecule has 3 aromatic rings. The molecule has 1 heterocycles. The largest absolute Gasteiger partial charge is 0.497 e. The van der Waals surface area contributed by atoms with E-state index in [1.807, 2.05) is 63.2 Å². The first-order chi connectivity index (χ1) is 15.8. The van der Waals surface area contributed by atoms with Gasteiger partial charge in [-0.3, -0.25) is 0 Å². The molecule has 3 N–H and O–H groups in total. The van der Waals surface area contributed by atoms with E-state index in [0.717, 1.165) is 28.0 Å². The fraction of sp³-hybridized carbons (Fsp3) is 0.375. The molecule has 0 aliphatic carbocycles. The second-order valence-electron chi connectivity index (χ2n) is 8.34. The van der Waals surface area contributed by atoms with Gasteiger partial charge in [-0.05, 0) is 56.7 Å². The number of anilines is 2. The highest BCUT2D eigenvalue weighted by atomic mass is 16.6. The van der Waals surface area contributed by atoms with Gasteiger partial charge in [-0.25, -0.2) is 9.78 Å². The molecule has 0 bridgehead atoms. The number of aromatic nitrogens is 2. The SMILES string of the molecule is COc1ccc(CNc2nc(NCCNC(=O)OC(C)(C)C)nc3ccc(OC)cc23)cc1. The summed E-state index contributed by atoms with van der Waals surface area (Å²) in [7, 11) is 3.27. The minimum Gasteiger partial charge on any atom is -0.497 e. The molecule has 3 rings (SSSR count). The number of hydrogen-bond acceptors (Lipinski definition) is 8. The minimum absolute atomic E-state index is 0.369. The summed E-state index contributed by atoms with van der Waals surface area (Å²) in [5.41, 5.74) is 1.32. The molecule has 0 aliphatic rings. The van der Waals surface area contributed by atoms with Crippen LogP contribution in [0.4, 0.5) is 16.6 Å². The quantitative estimate of drug-likeness (QED) is 0.414. The summed E-state index contributed by atoms with van der Waals surface area (Å²) in [5.74, 6) is 2.66. The third-order valence-corrected chi connectivity index (χ3v) is 4.60.